The molecule has 2 unspecified atom stereocenters. The molecule has 4 nitrogen and oxygen atoms in total. The SMILES string of the molecule is CCCCCCCCCCCCC(C(O)CCCCCCCCC)S(=O)(=O)[O-].[K+]. The fourth-order valence-corrected chi connectivity index (χ4v) is 4.83. The Bertz CT molecular complexity index is 429. The Balaban J connectivity index is 0. The van der Waals surface area contributed by atoms with Crippen molar-refractivity contribution in [3.63, 3.8) is 0 Å². The third kappa shape index (κ3) is 21.1. The average Bonchev–Trinajstić information content (AvgIpc) is 2.64. The van der Waals surface area contributed by atoms with Gasteiger partial charge in [-0.1, -0.05) is 123 Å². The first-order chi connectivity index (χ1) is 13.4. The molecule has 0 aliphatic carbocycles. The Morgan fingerprint density at radius 1 is 0.621 bits per heavy atom. The molecule has 0 heterocycles. The molecule has 0 aromatic heterocycles. The molecule has 0 bridgehead atoms. The monoisotopic (exact) mass is 458 g/mol. The Kier molecular flexibility index (Phi) is 25.6. The van der Waals surface area contributed by atoms with Crippen molar-refractivity contribution in [2.75, 3.05) is 0 Å². The fourth-order valence-electron chi connectivity index (χ4n) is 3.86. The molecule has 0 amide bonds. The molecule has 0 aliphatic heterocycles. The second-order valence-corrected chi connectivity index (χ2v) is 10.1. The third-order valence-electron chi connectivity index (χ3n) is 5.75. The van der Waals surface area contributed by atoms with Crippen LogP contribution in [0.25, 0.3) is 0 Å². The van der Waals surface area contributed by atoms with E-state index in [1.165, 1.54) is 70.6 Å². The summed E-state index contributed by atoms with van der Waals surface area (Å²) in [5, 5.41) is 9.13. The number of hydrogen-bond acceptors (Lipinski definition) is 4. The van der Waals surface area contributed by atoms with Crippen LogP contribution >= 0.6 is 0 Å². The van der Waals surface area contributed by atoms with E-state index in [2.05, 4.69) is 13.8 Å². The molecular formula is C23H47KO4S. The molecule has 2 atom stereocenters. The predicted molar refractivity (Wildman–Crippen MR) is 119 cm³/mol. The zero-order valence-corrected chi connectivity index (χ0v) is 23.6. The van der Waals surface area contributed by atoms with Crippen LogP contribution in [0.15, 0.2) is 0 Å². The summed E-state index contributed by atoms with van der Waals surface area (Å²) in [4.78, 5) is 0. The minimum absolute atomic E-state index is 0. The van der Waals surface area contributed by atoms with Crippen molar-refractivity contribution < 1.29 is 69.5 Å². The molecule has 0 aromatic rings. The van der Waals surface area contributed by atoms with E-state index < -0.39 is 21.5 Å². The van der Waals surface area contributed by atoms with Crippen molar-refractivity contribution in [1.29, 1.82) is 0 Å². The van der Waals surface area contributed by atoms with Crippen LogP contribution in [0.4, 0.5) is 0 Å². The molecule has 170 valence electrons. The fraction of sp³-hybridized carbons (Fsp3) is 1.00. The van der Waals surface area contributed by atoms with Crippen molar-refractivity contribution in [3.05, 3.63) is 0 Å². The topological polar surface area (TPSA) is 77.4 Å². The van der Waals surface area contributed by atoms with Gasteiger partial charge in [-0.2, -0.15) is 0 Å². The van der Waals surface area contributed by atoms with Gasteiger partial charge in [-0.25, -0.2) is 8.42 Å². The van der Waals surface area contributed by atoms with E-state index in [0.717, 1.165) is 38.5 Å². The summed E-state index contributed by atoms with van der Waals surface area (Å²) < 4.78 is 34.7. The van der Waals surface area contributed by atoms with E-state index in [-0.39, 0.29) is 51.4 Å². The molecule has 0 fully saturated rings. The minimum atomic E-state index is -4.43. The maximum absolute atomic E-state index is 11.6. The zero-order chi connectivity index (χ0) is 21.1. The van der Waals surface area contributed by atoms with Gasteiger partial charge in [-0.3, -0.25) is 0 Å². The third-order valence-corrected chi connectivity index (χ3v) is 7.04. The van der Waals surface area contributed by atoms with Crippen LogP contribution in [-0.4, -0.2) is 29.4 Å². The quantitative estimate of drug-likeness (QED) is 0.162. The van der Waals surface area contributed by atoms with E-state index in [4.69, 9.17) is 0 Å². The van der Waals surface area contributed by atoms with Crippen molar-refractivity contribution in [1.82, 2.24) is 0 Å². The number of unbranched alkanes of at least 4 members (excludes halogenated alkanes) is 15. The normalized spacial score (nSPS) is 13.8. The number of aliphatic hydroxyl groups excluding tert-OH is 1. The Morgan fingerprint density at radius 3 is 1.28 bits per heavy atom. The van der Waals surface area contributed by atoms with Crippen LogP contribution in [0.2, 0.25) is 0 Å². The van der Waals surface area contributed by atoms with Crippen LogP contribution in [0.1, 0.15) is 136 Å². The van der Waals surface area contributed by atoms with Crippen molar-refractivity contribution in [2.45, 2.75) is 147 Å². The maximum Gasteiger partial charge on any atom is 1.00 e. The molecule has 6 heteroatoms. The smallest absolute Gasteiger partial charge is 0.748 e. The first-order valence-corrected chi connectivity index (χ1v) is 13.5. The molecule has 0 rings (SSSR count). The van der Waals surface area contributed by atoms with Gasteiger partial charge < -0.3 is 9.66 Å². The second kappa shape index (κ2) is 22.7. The summed E-state index contributed by atoms with van der Waals surface area (Å²) in [6.45, 7) is 4.41. The van der Waals surface area contributed by atoms with Gasteiger partial charge in [-0.15, -0.1) is 0 Å². The summed E-state index contributed by atoms with van der Waals surface area (Å²) in [5.74, 6) is 0. The number of hydrogen-bond donors (Lipinski definition) is 1. The summed E-state index contributed by atoms with van der Waals surface area (Å²) in [7, 11) is -4.43. The van der Waals surface area contributed by atoms with Gasteiger partial charge in [0.15, 0.2) is 0 Å². The van der Waals surface area contributed by atoms with Crippen molar-refractivity contribution in [3.8, 4) is 0 Å². The molecule has 29 heavy (non-hydrogen) atoms. The standard InChI is InChI=1S/C23H48O4S.K/c1-3-5-7-9-11-12-13-15-17-19-21-23(28(25,26)27)22(24)20-18-16-14-10-8-6-4-2;/h22-24H,3-21H2,1-2H3,(H,25,26,27);/q;+1/p-1. The zero-order valence-electron chi connectivity index (χ0n) is 19.7. The van der Waals surface area contributed by atoms with Gasteiger partial charge in [0.05, 0.1) is 11.4 Å². The molecular weight excluding hydrogens is 411 g/mol. The molecule has 1 N–H and O–H groups in total. The molecule has 0 aromatic carbocycles. The Labute approximate surface area is 224 Å². The first kappa shape index (κ1) is 32.7. The van der Waals surface area contributed by atoms with Gasteiger partial charge in [0.25, 0.3) is 0 Å². The van der Waals surface area contributed by atoms with Gasteiger partial charge in [0, 0.05) is 0 Å². The van der Waals surface area contributed by atoms with E-state index >= 15 is 0 Å². The molecule has 0 saturated carbocycles. The molecule has 0 radical (unpaired) electrons. The van der Waals surface area contributed by atoms with Crippen molar-refractivity contribution in [2.24, 2.45) is 0 Å². The average molecular weight is 459 g/mol. The van der Waals surface area contributed by atoms with Crippen LogP contribution in [0, 0.1) is 0 Å². The van der Waals surface area contributed by atoms with Crippen LogP contribution < -0.4 is 51.4 Å². The van der Waals surface area contributed by atoms with Gasteiger partial charge >= 0.3 is 51.4 Å². The Morgan fingerprint density at radius 2 is 0.931 bits per heavy atom. The number of aliphatic hydroxyl groups is 1. The van der Waals surface area contributed by atoms with E-state index in [9.17, 15) is 18.1 Å². The molecule has 0 aliphatic rings. The van der Waals surface area contributed by atoms with Gasteiger partial charge in [0.2, 0.25) is 0 Å². The largest absolute Gasteiger partial charge is 1.00 e. The summed E-state index contributed by atoms with van der Waals surface area (Å²) in [6.07, 6.45) is 19.3. The van der Waals surface area contributed by atoms with E-state index in [1.54, 1.807) is 0 Å². The van der Waals surface area contributed by atoms with E-state index in [1.807, 2.05) is 0 Å². The van der Waals surface area contributed by atoms with Crippen molar-refractivity contribution >= 4 is 10.1 Å². The summed E-state index contributed by atoms with van der Waals surface area (Å²) in [6, 6.07) is 0. The molecule has 0 spiro atoms. The van der Waals surface area contributed by atoms with Gasteiger partial charge in [-0.05, 0) is 12.8 Å². The molecule has 0 saturated heterocycles. The van der Waals surface area contributed by atoms with Crippen LogP contribution in [0.5, 0.6) is 0 Å². The maximum atomic E-state index is 11.6. The summed E-state index contributed by atoms with van der Waals surface area (Å²) in [5.41, 5.74) is 0. The summed E-state index contributed by atoms with van der Waals surface area (Å²) >= 11 is 0. The number of rotatable bonds is 21. The predicted octanol–water partition coefficient (Wildman–Crippen LogP) is 3.72. The van der Waals surface area contributed by atoms with Crippen LogP contribution in [0.3, 0.4) is 0 Å². The second-order valence-electron chi connectivity index (χ2n) is 8.48. The van der Waals surface area contributed by atoms with Gasteiger partial charge in [0.1, 0.15) is 10.1 Å². The van der Waals surface area contributed by atoms with E-state index in [0.29, 0.717) is 12.8 Å². The first-order valence-electron chi connectivity index (χ1n) is 12.1. The van der Waals surface area contributed by atoms with Crippen LogP contribution in [-0.2, 0) is 10.1 Å². The Hall–Kier alpha value is 1.51. The minimum Gasteiger partial charge on any atom is -0.748 e.